The SMILES string of the molecule is C=CCOC(=O)OC(C)Oc1ccccc1-c1ccccc1. The van der Waals surface area contributed by atoms with Gasteiger partial charge in [-0.3, -0.25) is 0 Å². The quantitative estimate of drug-likeness (QED) is 0.450. The van der Waals surface area contributed by atoms with E-state index < -0.39 is 12.4 Å². The number of hydrogen-bond acceptors (Lipinski definition) is 4. The maximum Gasteiger partial charge on any atom is 0.511 e. The van der Waals surface area contributed by atoms with E-state index in [0.29, 0.717) is 5.75 Å². The van der Waals surface area contributed by atoms with Gasteiger partial charge in [0.2, 0.25) is 6.29 Å². The predicted octanol–water partition coefficient (Wildman–Crippen LogP) is 4.42. The summed E-state index contributed by atoms with van der Waals surface area (Å²) in [5.74, 6) is 0.637. The Hall–Kier alpha value is -2.75. The zero-order valence-electron chi connectivity index (χ0n) is 12.4. The van der Waals surface area contributed by atoms with Gasteiger partial charge in [0.1, 0.15) is 12.4 Å². The molecule has 0 bridgehead atoms. The van der Waals surface area contributed by atoms with Gasteiger partial charge in [0.05, 0.1) is 0 Å². The summed E-state index contributed by atoms with van der Waals surface area (Å²) in [5, 5.41) is 0. The molecule has 0 aliphatic heterocycles. The Labute approximate surface area is 129 Å². The Kier molecular flexibility index (Phi) is 5.60. The highest BCUT2D eigenvalue weighted by molar-refractivity contribution is 5.70. The molecule has 0 fully saturated rings. The fourth-order valence-electron chi connectivity index (χ4n) is 1.92. The standard InChI is InChI=1S/C18H18O4/c1-3-13-20-18(19)22-14(2)21-17-12-8-7-11-16(17)15-9-5-4-6-10-15/h3-12,14H,1,13H2,2H3. The van der Waals surface area contributed by atoms with E-state index in [0.717, 1.165) is 11.1 Å². The monoisotopic (exact) mass is 298 g/mol. The van der Waals surface area contributed by atoms with Crippen molar-refractivity contribution in [1.82, 2.24) is 0 Å². The second-order valence-electron chi connectivity index (χ2n) is 4.52. The van der Waals surface area contributed by atoms with E-state index in [1.807, 2.05) is 54.6 Å². The van der Waals surface area contributed by atoms with Crippen LogP contribution < -0.4 is 4.74 Å². The van der Waals surface area contributed by atoms with Crippen LogP contribution in [-0.2, 0) is 9.47 Å². The van der Waals surface area contributed by atoms with Gasteiger partial charge in [0.15, 0.2) is 0 Å². The third kappa shape index (κ3) is 4.38. The van der Waals surface area contributed by atoms with Crippen LogP contribution in [0.2, 0.25) is 0 Å². The molecule has 0 spiro atoms. The molecule has 0 radical (unpaired) electrons. The third-order valence-corrected chi connectivity index (χ3v) is 2.85. The van der Waals surface area contributed by atoms with Gasteiger partial charge in [-0.15, -0.1) is 0 Å². The summed E-state index contributed by atoms with van der Waals surface area (Å²) in [6, 6.07) is 17.4. The molecule has 114 valence electrons. The summed E-state index contributed by atoms with van der Waals surface area (Å²) in [6.45, 7) is 5.20. The summed E-state index contributed by atoms with van der Waals surface area (Å²) in [4.78, 5) is 11.4. The lowest BCUT2D eigenvalue weighted by Crippen LogP contribution is -2.21. The van der Waals surface area contributed by atoms with Crippen molar-refractivity contribution >= 4 is 6.16 Å². The van der Waals surface area contributed by atoms with Crippen molar-refractivity contribution in [2.24, 2.45) is 0 Å². The molecule has 0 saturated carbocycles. The minimum atomic E-state index is -0.787. The van der Waals surface area contributed by atoms with Crippen molar-refractivity contribution in [3.8, 4) is 16.9 Å². The maximum absolute atomic E-state index is 11.4. The molecule has 0 aliphatic rings. The number of para-hydroxylation sites is 1. The van der Waals surface area contributed by atoms with Gasteiger partial charge < -0.3 is 14.2 Å². The molecule has 22 heavy (non-hydrogen) atoms. The Bertz CT molecular complexity index is 622. The van der Waals surface area contributed by atoms with Crippen LogP contribution in [0.4, 0.5) is 4.79 Å². The second-order valence-corrected chi connectivity index (χ2v) is 4.52. The molecular formula is C18H18O4. The van der Waals surface area contributed by atoms with Gasteiger partial charge in [-0.2, -0.15) is 0 Å². The number of rotatable bonds is 6. The highest BCUT2D eigenvalue weighted by atomic mass is 16.8. The fourth-order valence-corrected chi connectivity index (χ4v) is 1.92. The summed E-state index contributed by atoms with van der Waals surface area (Å²) in [5.41, 5.74) is 1.96. The lowest BCUT2D eigenvalue weighted by Gasteiger charge is -2.17. The first-order chi connectivity index (χ1) is 10.7. The predicted molar refractivity (Wildman–Crippen MR) is 84.6 cm³/mol. The maximum atomic E-state index is 11.4. The van der Waals surface area contributed by atoms with E-state index in [4.69, 9.17) is 14.2 Å². The van der Waals surface area contributed by atoms with E-state index in [9.17, 15) is 4.79 Å². The van der Waals surface area contributed by atoms with Crippen LogP contribution >= 0.6 is 0 Å². The molecule has 4 nitrogen and oxygen atoms in total. The Balaban J connectivity index is 2.07. The van der Waals surface area contributed by atoms with Crippen LogP contribution in [0.1, 0.15) is 6.92 Å². The largest absolute Gasteiger partial charge is 0.511 e. The molecule has 0 amide bonds. The molecule has 0 N–H and O–H groups in total. The van der Waals surface area contributed by atoms with Crippen molar-refractivity contribution < 1.29 is 19.0 Å². The summed E-state index contributed by atoms with van der Waals surface area (Å²) < 4.78 is 15.5. The first kappa shape index (κ1) is 15.6. The van der Waals surface area contributed by atoms with Crippen molar-refractivity contribution in [2.75, 3.05) is 6.61 Å². The zero-order chi connectivity index (χ0) is 15.8. The van der Waals surface area contributed by atoms with Gasteiger partial charge in [-0.25, -0.2) is 4.79 Å². The zero-order valence-corrected chi connectivity index (χ0v) is 12.4. The molecule has 2 rings (SSSR count). The van der Waals surface area contributed by atoms with Gasteiger partial charge in [-0.1, -0.05) is 61.2 Å². The molecule has 4 heteroatoms. The lowest BCUT2D eigenvalue weighted by molar-refractivity contribution is -0.0502. The van der Waals surface area contributed by atoms with Crippen molar-refractivity contribution in [3.05, 3.63) is 67.3 Å². The van der Waals surface area contributed by atoms with Crippen LogP contribution in [0.5, 0.6) is 5.75 Å². The van der Waals surface area contributed by atoms with Gasteiger partial charge >= 0.3 is 6.16 Å². The number of carbonyl (C=O) groups is 1. The second kappa shape index (κ2) is 7.88. The highest BCUT2D eigenvalue weighted by Gasteiger charge is 2.14. The van der Waals surface area contributed by atoms with Crippen LogP contribution in [0.3, 0.4) is 0 Å². The molecule has 2 aromatic rings. The fraction of sp³-hybridized carbons (Fsp3) is 0.167. The molecular weight excluding hydrogens is 280 g/mol. The molecule has 0 aliphatic carbocycles. The summed E-state index contributed by atoms with van der Waals surface area (Å²) in [7, 11) is 0. The number of benzene rings is 2. The summed E-state index contributed by atoms with van der Waals surface area (Å²) in [6.07, 6.45) is -0.0796. The molecule has 0 aromatic heterocycles. The van der Waals surface area contributed by atoms with E-state index >= 15 is 0 Å². The van der Waals surface area contributed by atoms with Crippen LogP contribution in [0.15, 0.2) is 67.3 Å². The smallest absolute Gasteiger partial charge is 0.454 e. The molecule has 1 atom stereocenters. The van der Waals surface area contributed by atoms with E-state index in [1.54, 1.807) is 6.92 Å². The Morgan fingerprint density at radius 3 is 2.55 bits per heavy atom. The van der Waals surface area contributed by atoms with E-state index in [1.165, 1.54) is 6.08 Å². The van der Waals surface area contributed by atoms with Crippen LogP contribution in [0.25, 0.3) is 11.1 Å². The van der Waals surface area contributed by atoms with E-state index in [2.05, 4.69) is 6.58 Å². The van der Waals surface area contributed by atoms with E-state index in [-0.39, 0.29) is 6.61 Å². The molecule has 0 heterocycles. The number of carbonyl (C=O) groups excluding carboxylic acids is 1. The number of ether oxygens (including phenoxy) is 3. The third-order valence-electron chi connectivity index (χ3n) is 2.85. The molecule has 2 aromatic carbocycles. The first-order valence-corrected chi connectivity index (χ1v) is 6.96. The number of hydrogen-bond donors (Lipinski definition) is 0. The highest BCUT2D eigenvalue weighted by Crippen LogP contribution is 2.30. The molecule has 1 unspecified atom stereocenters. The van der Waals surface area contributed by atoms with Gasteiger partial charge in [-0.05, 0) is 11.6 Å². The Morgan fingerprint density at radius 2 is 1.82 bits per heavy atom. The minimum absolute atomic E-state index is 0.103. The molecule has 0 saturated heterocycles. The van der Waals surface area contributed by atoms with Crippen LogP contribution in [0, 0.1) is 0 Å². The average Bonchev–Trinajstić information content (AvgIpc) is 2.54. The summed E-state index contributed by atoms with van der Waals surface area (Å²) >= 11 is 0. The minimum Gasteiger partial charge on any atom is -0.454 e. The van der Waals surface area contributed by atoms with Gasteiger partial charge in [0, 0.05) is 12.5 Å². The van der Waals surface area contributed by atoms with Crippen molar-refractivity contribution in [1.29, 1.82) is 0 Å². The van der Waals surface area contributed by atoms with Gasteiger partial charge in [0.25, 0.3) is 0 Å². The Morgan fingerprint density at radius 1 is 1.14 bits per heavy atom. The first-order valence-electron chi connectivity index (χ1n) is 6.96. The van der Waals surface area contributed by atoms with Crippen molar-refractivity contribution in [2.45, 2.75) is 13.2 Å². The van der Waals surface area contributed by atoms with Crippen molar-refractivity contribution in [3.63, 3.8) is 0 Å². The topological polar surface area (TPSA) is 44.8 Å². The lowest BCUT2D eigenvalue weighted by atomic mass is 10.1. The normalized spacial score (nSPS) is 11.3. The van der Waals surface area contributed by atoms with Crippen LogP contribution in [-0.4, -0.2) is 19.1 Å². The average molecular weight is 298 g/mol.